The average Bonchev–Trinajstić information content (AvgIpc) is 1.89. The molecule has 0 N–H and O–H groups in total. The van der Waals surface area contributed by atoms with Crippen LogP contribution in [-0.2, 0) is 0 Å². The van der Waals surface area contributed by atoms with Crippen molar-refractivity contribution in [2.24, 2.45) is 0 Å². The van der Waals surface area contributed by atoms with E-state index < -0.39 is 0 Å². The normalized spacial score (nSPS) is 10.3. The van der Waals surface area contributed by atoms with E-state index >= 15 is 0 Å². The molecule has 0 aromatic carbocycles. The summed E-state index contributed by atoms with van der Waals surface area (Å²) >= 11 is 8.92. The Morgan fingerprint density at radius 3 is 2.70 bits per heavy atom. The number of nitrogens with zero attached hydrogens (tertiary/aromatic N) is 1. The Morgan fingerprint density at radius 1 is 1.80 bits per heavy atom. The van der Waals surface area contributed by atoms with Crippen LogP contribution in [0.2, 0.25) is 0 Å². The summed E-state index contributed by atoms with van der Waals surface area (Å²) in [5.41, 5.74) is 1.39. The lowest BCUT2D eigenvalue weighted by molar-refractivity contribution is 0.231. The number of halogens is 1. The predicted molar refractivity (Wildman–Crippen MR) is 46.6 cm³/mol. The maximum Gasteiger partial charge on any atom is 0.278 e. The van der Waals surface area contributed by atoms with Crippen LogP contribution >= 0.6 is 24.2 Å². The first-order valence-electron chi connectivity index (χ1n) is 2.95. The lowest BCUT2D eigenvalue weighted by Crippen LogP contribution is -2.25. The number of hydrogen-bond donors (Lipinski definition) is 1. The minimum Gasteiger partial charge on any atom is -0.330 e. The molecule has 0 atom stereocenters. The number of thiol groups is 1. The maximum absolute atomic E-state index is 10.6. The molecule has 0 saturated heterocycles. The average molecular weight is 180 g/mol. The first-order valence-corrected chi connectivity index (χ1v) is 3.83. The molecule has 0 saturated carbocycles. The van der Waals surface area contributed by atoms with Crippen molar-refractivity contribution in [2.45, 2.75) is 6.92 Å². The number of hydrogen-bond acceptors (Lipinski definition) is 1. The van der Waals surface area contributed by atoms with Crippen LogP contribution in [0.15, 0.2) is 11.6 Å². The van der Waals surface area contributed by atoms with Crippen LogP contribution in [-0.4, -0.2) is 23.2 Å². The van der Waals surface area contributed by atoms with Crippen molar-refractivity contribution in [1.29, 1.82) is 0 Å². The van der Waals surface area contributed by atoms with Gasteiger partial charge in [0.15, 0.2) is 0 Å². The van der Waals surface area contributed by atoms with Gasteiger partial charge in [-0.25, -0.2) is 0 Å². The van der Waals surface area contributed by atoms with Gasteiger partial charge in [0.25, 0.3) is 5.24 Å². The van der Waals surface area contributed by atoms with E-state index in [1.54, 1.807) is 11.0 Å². The van der Waals surface area contributed by atoms with E-state index in [-0.39, 0.29) is 5.24 Å². The highest BCUT2D eigenvalue weighted by molar-refractivity contribution is 7.96. The zero-order valence-corrected chi connectivity index (χ0v) is 7.40. The van der Waals surface area contributed by atoms with Gasteiger partial charge >= 0.3 is 0 Å². The molecule has 10 heavy (non-hydrogen) atoms. The maximum atomic E-state index is 10.6. The van der Waals surface area contributed by atoms with Gasteiger partial charge in [-0.2, -0.15) is 0 Å². The van der Waals surface area contributed by atoms with Crippen LogP contribution in [0.1, 0.15) is 6.92 Å². The first kappa shape index (κ1) is 9.85. The molecule has 1 amide bonds. The Hall–Kier alpha value is -0.150. The van der Waals surface area contributed by atoms with E-state index in [0.717, 1.165) is 0 Å². The molecule has 4 heteroatoms. The quantitative estimate of drug-likeness (QED) is 0.659. The molecule has 0 aromatic heterocycles. The SMILES string of the molecule is CCN(C/C=C/Cl)C(=O)S. The highest BCUT2D eigenvalue weighted by Gasteiger charge is 2.02. The van der Waals surface area contributed by atoms with Crippen molar-refractivity contribution >= 4 is 29.5 Å². The number of carbonyl (C=O) groups excluding carboxylic acids is 1. The molecule has 0 heterocycles. The van der Waals surface area contributed by atoms with Crippen molar-refractivity contribution in [3.05, 3.63) is 11.6 Å². The lowest BCUT2D eigenvalue weighted by Gasteiger charge is -2.14. The third kappa shape index (κ3) is 3.80. The number of amides is 1. The van der Waals surface area contributed by atoms with Gasteiger partial charge in [0.2, 0.25) is 0 Å². The molecule has 0 fully saturated rings. The second kappa shape index (κ2) is 5.62. The van der Waals surface area contributed by atoms with Gasteiger partial charge < -0.3 is 4.90 Å². The summed E-state index contributed by atoms with van der Waals surface area (Å²) in [4.78, 5) is 12.2. The molecule has 0 aliphatic heterocycles. The molecule has 0 bridgehead atoms. The van der Waals surface area contributed by atoms with Gasteiger partial charge in [-0.1, -0.05) is 30.3 Å². The molecule has 58 valence electrons. The van der Waals surface area contributed by atoms with E-state index in [1.807, 2.05) is 6.92 Å². The molecule has 2 nitrogen and oxygen atoms in total. The van der Waals surface area contributed by atoms with E-state index in [9.17, 15) is 4.79 Å². The van der Waals surface area contributed by atoms with Crippen LogP contribution in [0.3, 0.4) is 0 Å². The van der Waals surface area contributed by atoms with E-state index in [2.05, 4.69) is 12.6 Å². The molecule has 0 spiro atoms. The van der Waals surface area contributed by atoms with Crippen molar-refractivity contribution in [3.63, 3.8) is 0 Å². The minimum atomic E-state index is -0.225. The molecule has 0 unspecified atom stereocenters. The van der Waals surface area contributed by atoms with Crippen molar-refractivity contribution in [3.8, 4) is 0 Å². The fourth-order valence-corrected chi connectivity index (χ4v) is 0.812. The van der Waals surface area contributed by atoms with Crippen molar-refractivity contribution < 1.29 is 4.79 Å². The molecular formula is C6H10ClNOS. The van der Waals surface area contributed by atoms with Crippen LogP contribution in [0.25, 0.3) is 0 Å². The Bertz CT molecular complexity index is 138. The molecule has 0 aliphatic carbocycles. The van der Waals surface area contributed by atoms with Gasteiger partial charge in [-0.3, -0.25) is 4.79 Å². The summed E-state index contributed by atoms with van der Waals surface area (Å²) in [5.74, 6) is 0. The molecule has 0 aromatic rings. The number of rotatable bonds is 3. The third-order valence-electron chi connectivity index (χ3n) is 1.07. The second-order valence-corrected chi connectivity index (χ2v) is 2.32. The fourth-order valence-electron chi connectivity index (χ4n) is 0.510. The van der Waals surface area contributed by atoms with Crippen LogP contribution in [0, 0.1) is 0 Å². The Labute approximate surface area is 71.3 Å². The predicted octanol–water partition coefficient (Wildman–Crippen LogP) is 2.11. The largest absolute Gasteiger partial charge is 0.330 e. The lowest BCUT2D eigenvalue weighted by atomic mass is 10.5. The highest BCUT2D eigenvalue weighted by atomic mass is 35.5. The summed E-state index contributed by atoms with van der Waals surface area (Å²) in [6, 6.07) is 0. The minimum absolute atomic E-state index is 0.225. The van der Waals surface area contributed by atoms with Crippen molar-refractivity contribution in [2.75, 3.05) is 13.1 Å². The zero-order valence-electron chi connectivity index (χ0n) is 5.75. The molecule has 0 aliphatic rings. The molecule has 0 rings (SSSR count). The van der Waals surface area contributed by atoms with Gasteiger partial charge in [-0.15, -0.1) is 0 Å². The number of likely N-dealkylation sites (N-methyl/N-ethyl adjacent to an activating group) is 1. The van der Waals surface area contributed by atoms with E-state index in [1.165, 1.54) is 5.54 Å². The van der Waals surface area contributed by atoms with Crippen LogP contribution in [0.4, 0.5) is 4.79 Å². The highest BCUT2D eigenvalue weighted by Crippen LogP contribution is 1.95. The van der Waals surface area contributed by atoms with Gasteiger partial charge in [0, 0.05) is 18.6 Å². The summed E-state index contributed by atoms with van der Waals surface area (Å²) in [6.45, 7) is 3.07. The Kier molecular flexibility index (Phi) is 5.54. The van der Waals surface area contributed by atoms with Gasteiger partial charge in [0.1, 0.15) is 0 Å². The Morgan fingerprint density at radius 2 is 2.40 bits per heavy atom. The first-order chi connectivity index (χ1) is 4.72. The van der Waals surface area contributed by atoms with E-state index in [0.29, 0.717) is 13.1 Å². The third-order valence-corrected chi connectivity index (χ3v) is 1.53. The van der Waals surface area contributed by atoms with Gasteiger partial charge in [0.05, 0.1) is 0 Å². The van der Waals surface area contributed by atoms with Crippen LogP contribution < -0.4 is 0 Å². The molecular weight excluding hydrogens is 170 g/mol. The second-order valence-electron chi connectivity index (χ2n) is 1.68. The zero-order chi connectivity index (χ0) is 7.98. The van der Waals surface area contributed by atoms with Gasteiger partial charge in [-0.05, 0) is 6.92 Å². The summed E-state index contributed by atoms with van der Waals surface area (Å²) in [7, 11) is 0. The topological polar surface area (TPSA) is 20.3 Å². The van der Waals surface area contributed by atoms with Crippen LogP contribution in [0.5, 0.6) is 0 Å². The Balaban J connectivity index is 3.71. The molecule has 0 radical (unpaired) electrons. The standard InChI is InChI=1S/C6H10ClNOS/c1-2-8(6(9)10)5-3-4-7/h3-4H,2,5H2,1H3,(H,9,10)/b4-3+. The van der Waals surface area contributed by atoms with E-state index in [4.69, 9.17) is 11.6 Å². The fraction of sp³-hybridized carbons (Fsp3) is 0.500. The smallest absolute Gasteiger partial charge is 0.278 e. The summed E-state index contributed by atoms with van der Waals surface area (Å²) in [6.07, 6.45) is 1.69. The number of carbonyl (C=O) groups is 1. The monoisotopic (exact) mass is 179 g/mol. The summed E-state index contributed by atoms with van der Waals surface area (Å²) in [5, 5.41) is -0.225. The van der Waals surface area contributed by atoms with Crippen molar-refractivity contribution in [1.82, 2.24) is 4.90 Å². The summed E-state index contributed by atoms with van der Waals surface area (Å²) < 4.78 is 0.